The third-order valence-corrected chi connectivity index (χ3v) is 2.58. The van der Waals surface area contributed by atoms with Crippen molar-refractivity contribution in [2.24, 2.45) is 0 Å². The Morgan fingerprint density at radius 1 is 1.38 bits per heavy atom. The molecule has 0 aromatic carbocycles. The summed E-state index contributed by atoms with van der Waals surface area (Å²) in [6, 6.07) is 3.53. The Hall–Kier alpha value is -1.62. The number of H-pyrrole nitrogens is 1. The molecule has 3 rings (SSSR count). The minimum absolute atomic E-state index is 0.162. The Morgan fingerprint density at radius 3 is 3.00 bits per heavy atom. The first-order chi connectivity index (χ1) is 7.81. The minimum atomic E-state index is 0.162. The average molecular weight is 237 g/mol. The summed E-state index contributed by atoms with van der Waals surface area (Å²) in [6.07, 6.45) is 3.99. The summed E-state index contributed by atoms with van der Waals surface area (Å²) in [6.45, 7) is 0. The highest BCUT2D eigenvalue weighted by molar-refractivity contribution is 6.28. The van der Waals surface area contributed by atoms with E-state index in [1.54, 1.807) is 12.3 Å². The van der Waals surface area contributed by atoms with Crippen LogP contribution >= 0.6 is 11.6 Å². The van der Waals surface area contributed by atoms with Gasteiger partial charge in [0.25, 0.3) is 0 Å². The predicted octanol–water partition coefficient (Wildman–Crippen LogP) is 2.52. The van der Waals surface area contributed by atoms with E-state index in [4.69, 9.17) is 16.3 Å². The molecule has 1 fully saturated rings. The van der Waals surface area contributed by atoms with E-state index in [-0.39, 0.29) is 5.28 Å². The molecule has 1 saturated carbocycles. The molecule has 0 atom stereocenters. The van der Waals surface area contributed by atoms with Gasteiger partial charge in [-0.3, -0.25) is 5.10 Å². The monoisotopic (exact) mass is 236 g/mol. The van der Waals surface area contributed by atoms with Crippen molar-refractivity contribution in [2.45, 2.75) is 18.8 Å². The molecular weight excluding hydrogens is 228 g/mol. The first-order valence-electron chi connectivity index (χ1n) is 5.03. The van der Waals surface area contributed by atoms with Gasteiger partial charge in [0.05, 0.1) is 0 Å². The van der Waals surface area contributed by atoms with Crippen LogP contribution in [0.5, 0.6) is 11.8 Å². The van der Waals surface area contributed by atoms with Crippen LogP contribution in [-0.2, 0) is 0 Å². The second-order valence-electron chi connectivity index (χ2n) is 3.70. The maximum Gasteiger partial charge on any atom is 0.240 e. The number of aromatic nitrogens is 4. The smallest absolute Gasteiger partial charge is 0.240 e. The molecule has 1 N–H and O–H groups in total. The van der Waals surface area contributed by atoms with Gasteiger partial charge in [-0.1, -0.05) is 0 Å². The quantitative estimate of drug-likeness (QED) is 0.832. The molecule has 0 unspecified atom stereocenters. The normalized spacial score (nSPS) is 15.1. The van der Waals surface area contributed by atoms with E-state index in [2.05, 4.69) is 20.2 Å². The van der Waals surface area contributed by atoms with Crippen LogP contribution < -0.4 is 4.74 Å². The molecule has 1 aliphatic carbocycles. The van der Waals surface area contributed by atoms with Crippen molar-refractivity contribution < 1.29 is 4.74 Å². The van der Waals surface area contributed by atoms with Gasteiger partial charge in [0.1, 0.15) is 0 Å². The van der Waals surface area contributed by atoms with Gasteiger partial charge in [0.15, 0.2) is 0 Å². The van der Waals surface area contributed by atoms with Gasteiger partial charge in [-0.2, -0.15) is 4.98 Å². The Kier molecular flexibility index (Phi) is 2.25. The Bertz CT molecular complexity index is 509. The average Bonchev–Trinajstić information content (AvgIpc) is 3.01. The number of aromatic amines is 1. The van der Waals surface area contributed by atoms with Crippen LogP contribution in [0.4, 0.5) is 0 Å². The second-order valence-corrected chi connectivity index (χ2v) is 4.04. The summed E-state index contributed by atoms with van der Waals surface area (Å²) >= 11 is 5.65. The lowest BCUT2D eigenvalue weighted by atomic mass is 10.3. The van der Waals surface area contributed by atoms with Crippen molar-refractivity contribution >= 4 is 11.6 Å². The third-order valence-electron chi connectivity index (χ3n) is 2.40. The van der Waals surface area contributed by atoms with Crippen LogP contribution in [0.25, 0.3) is 0 Å². The number of hydrogen-bond donors (Lipinski definition) is 1. The van der Waals surface area contributed by atoms with Gasteiger partial charge in [0.2, 0.25) is 17.0 Å². The molecule has 0 aliphatic heterocycles. The molecular formula is C10H9ClN4O. The van der Waals surface area contributed by atoms with Crippen LogP contribution in [0.2, 0.25) is 5.28 Å². The third kappa shape index (κ3) is 1.99. The van der Waals surface area contributed by atoms with E-state index in [9.17, 15) is 0 Å². The number of rotatable bonds is 3. The van der Waals surface area contributed by atoms with E-state index >= 15 is 0 Å². The molecule has 6 heteroatoms. The Morgan fingerprint density at radius 2 is 2.25 bits per heavy atom. The lowest BCUT2D eigenvalue weighted by molar-refractivity contribution is 0.442. The summed E-state index contributed by atoms with van der Waals surface area (Å²) in [4.78, 5) is 7.69. The highest BCUT2D eigenvalue weighted by atomic mass is 35.5. The molecule has 2 heterocycles. The number of ether oxygens (including phenoxy) is 1. The molecule has 5 nitrogen and oxygen atoms in total. The summed E-state index contributed by atoms with van der Waals surface area (Å²) in [5, 5.41) is 7.17. The van der Waals surface area contributed by atoms with Crippen molar-refractivity contribution in [1.82, 2.24) is 20.2 Å². The van der Waals surface area contributed by atoms with E-state index in [0.717, 1.165) is 5.69 Å². The molecule has 0 bridgehead atoms. The molecule has 82 valence electrons. The topological polar surface area (TPSA) is 63.7 Å². The summed E-state index contributed by atoms with van der Waals surface area (Å²) in [5.74, 6) is 1.53. The number of nitrogens with zero attached hydrogens (tertiary/aromatic N) is 3. The fourth-order valence-electron chi connectivity index (χ4n) is 1.46. The summed E-state index contributed by atoms with van der Waals surface area (Å²) in [5.41, 5.74) is 1.12. The Balaban J connectivity index is 1.77. The van der Waals surface area contributed by atoms with Crippen molar-refractivity contribution in [3.8, 4) is 11.8 Å². The first-order valence-corrected chi connectivity index (χ1v) is 5.41. The number of nitrogens with one attached hydrogen (secondary N) is 1. The zero-order valence-electron chi connectivity index (χ0n) is 8.35. The SMILES string of the molecule is Clc1nccc(Oc2cc(C3CC3)[nH]n2)n1. The van der Waals surface area contributed by atoms with Crippen molar-refractivity contribution in [3.05, 3.63) is 29.3 Å². The molecule has 2 aromatic heterocycles. The highest BCUT2D eigenvalue weighted by Crippen LogP contribution is 2.40. The molecule has 1 aliphatic rings. The maximum atomic E-state index is 5.65. The fraction of sp³-hybridized carbons (Fsp3) is 0.300. The van der Waals surface area contributed by atoms with Crippen molar-refractivity contribution in [2.75, 3.05) is 0 Å². The number of halogens is 1. The van der Waals surface area contributed by atoms with E-state index in [1.807, 2.05) is 6.07 Å². The zero-order valence-corrected chi connectivity index (χ0v) is 9.11. The van der Waals surface area contributed by atoms with E-state index in [0.29, 0.717) is 17.7 Å². The summed E-state index contributed by atoms with van der Waals surface area (Å²) in [7, 11) is 0. The molecule has 0 radical (unpaired) electrons. The number of hydrogen-bond acceptors (Lipinski definition) is 4. The van der Waals surface area contributed by atoms with Crippen molar-refractivity contribution in [3.63, 3.8) is 0 Å². The molecule has 0 saturated heterocycles. The van der Waals surface area contributed by atoms with Crippen LogP contribution in [0.15, 0.2) is 18.3 Å². The largest absolute Gasteiger partial charge is 0.419 e. The molecule has 0 amide bonds. The Labute approximate surface area is 96.8 Å². The zero-order chi connectivity index (χ0) is 11.0. The lowest BCUT2D eigenvalue weighted by Gasteiger charge is -1.98. The summed E-state index contributed by atoms with van der Waals surface area (Å²) < 4.78 is 5.44. The van der Waals surface area contributed by atoms with Gasteiger partial charge >= 0.3 is 0 Å². The minimum Gasteiger partial charge on any atom is -0.419 e. The standard InChI is InChI=1S/C10H9ClN4O/c11-10-12-4-3-8(13-10)16-9-5-7(14-15-9)6-1-2-6/h3-6H,1-2H2,(H,14,15). The van der Waals surface area contributed by atoms with Crippen LogP contribution in [-0.4, -0.2) is 20.2 Å². The van der Waals surface area contributed by atoms with Gasteiger partial charge in [0, 0.05) is 29.9 Å². The molecule has 16 heavy (non-hydrogen) atoms. The van der Waals surface area contributed by atoms with Crippen molar-refractivity contribution in [1.29, 1.82) is 0 Å². The fourth-order valence-corrected chi connectivity index (χ4v) is 1.60. The van der Waals surface area contributed by atoms with Crippen LogP contribution in [0.1, 0.15) is 24.5 Å². The van der Waals surface area contributed by atoms with Gasteiger partial charge in [-0.25, -0.2) is 4.98 Å². The van der Waals surface area contributed by atoms with Gasteiger partial charge in [-0.05, 0) is 24.4 Å². The molecule has 0 spiro atoms. The van der Waals surface area contributed by atoms with E-state index in [1.165, 1.54) is 12.8 Å². The lowest BCUT2D eigenvalue weighted by Crippen LogP contribution is -1.89. The van der Waals surface area contributed by atoms with Gasteiger partial charge in [-0.15, -0.1) is 5.10 Å². The molecule has 2 aromatic rings. The second kappa shape index (κ2) is 3.75. The van der Waals surface area contributed by atoms with E-state index < -0.39 is 0 Å². The van der Waals surface area contributed by atoms with Gasteiger partial charge < -0.3 is 4.74 Å². The van der Waals surface area contributed by atoms with Crippen LogP contribution in [0, 0.1) is 0 Å². The highest BCUT2D eigenvalue weighted by Gasteiger charge is 2.25. The predicted molar refractivity (Wildman–Crippen MR) is 57.7 cm³/mol. The maximum absolute atomic E-state index is 5.65. The van der Waals surface area contributed by atoms with Crippen LogP contribution in [0.3, 0.4) is 0 Å². The first kappa shape index (κ1) is 9.59.